The predicted molar refractivity (Wildman–Crippen MR) is 125 cm³/mol. The summed E-state index contributed by atoms with van der Waals surface area (Å²) in [6.07, 6.45) is 5.02. The van der Waals surface area contributed by atoms with E-state index in [4.69, 9.17) is 21.1 Å². The second kappa shape index (κ2) is 10.5. The van der Waals surface area contributed by atoms with Crippen LogP contribution in [0.2, 0.25) is 5.02 Å². The monoisotopic (exact) mass is 503 g/mol. The molecule has 0 fully saturated rings. The number of halogens is 2. The third kappa shape index (κ3) is 6.12. The predicted octanol–water partition coefficient (Wildman–Crippen LogP) is 5.06. The lowest BCUT2D eigenvalue weighted by Crippen LogP contribution is -2.20. The normalized spacial score (nSPS) is 11.0. The highest BCUT2D eigenvalue weighted by atomic mass is 79.9. The molecule has 0 atom stereocenters. The summed E-state index contributed by atoms with van der Waals surface area (Å²) in [5.74, 6) is 1.21. The third-order valence-corrected chi connectivity index (χ3v) is 5.65. The number of aromatic nitrogens is 2. The molecule has 0 spiro atoms. The Bertz CT molecular complexity index is 1110. The Balaban J connectivity index is 1.64. The molecule has 0 aliphatic carbocycles. The molecule has 1 amide bonds. The maximum atomic E-state index is 12.2. The molecule has 3 aromatic rings. The van der Waals surface area contributed by atoms with Crippen LogP contribution in [0.15, 0.2) is 53.1 Å². The number of nitrogens with one attached hydrogen (secondary N) is 1. The number of benzene rings is 2. The highest BCUT2D eigenvalue weighted by molar-refractivity contribution is 9.10. The van der Waals surface area contributed by atoms with Crippen LogP contribution >= 0.6 is 27.5 Å². The minimum absolute atomic E-state index is 0.179. The summed E-state index contributed by atoms with van der Waals surface area (Å²) >= 11 is 9.43. The van der Waals surface area contributed by atoms with E-state index in [1.54, 1.807) is 42.3 Å². The average molecular weight is 505 g/mol. The lowest BCUT2D eigenvalue weighted by molar-refractivity contribution is -0.116. The first-order chi connectivity index (χ1) is 14.9. The summed E-state index contributed by atoms with van der Waals surface area (Å²) in [6.45, 7) is 2.70. The van der Waals surface area contributed by atoms with Gasteiger partial charge in [-0.1, -0.05) is 17.7 Å². The fourth-order valence-electron chi connectivity index (χ4n) is 2.89. The number of methoxy groups -OCH3 is 1. The van der Waals surface area contributed by atoms with Crippen LogP contribution in [-0.4, -0.2) is 22.8 Å². The van der Waals surface area contributed by atoms with Crippen LogP contribution in [0.4, 0.5) is 0 Å². The quantitative estimate of drug-likeness (QED) is 0.436. The van der Waals surface area contributed by atoms with Crippen LogP contribution in [0.3, 0.4) is 0 Å². The van der Waals surface area contributed by atoms with E-state index in [-0.39, 0.29) is 5.91 Å². The topological polar surface area (TPSA) is 65.4 Å². The van der Waals surface area contributed by atoms with E-state index in [1.165, 1.54) is 6.08 Å². The van der Waals surface area contributed by atoms with Gasteiger partial charge in [0.05, 0.1) is 17.8 Å². The number of carbonyl (C=O) groups is 1. The van der Waals surface area contributed by atoms with Gasteiger partial charge in [0.25, 0.3) is 0 Å². The van der Waals surface area contributed by atoms with Crippen LogP contribution in [0.5, 0.6) is 11.5 Å². The largest absolute Gasteiger partial charge is 0.496 e. The highest BCUT2D eigenvalue weighted by Gasteiger charge is 2.08. The molecule has 162 valence electrons. The van der Waals surface area contributed by atoms with Crippen molar-refractivity contribution >= 4 is 39.5 Å². The first-order valence-electron chi connectivity index (χ1n) is 9.55. The molecule has 6 nitrogen and oxygen atoms in total. The van der Waals surface area contributed by atoms with Gasteiger partial charge >= 0.3 is 0 Å². The summed E-state index contributed by atoms with van der Waals surface area (Å²) in [5, 5.41) is 7.68. The van der Waals surface area contributed by atoms with Crippen LogP contribution in [0, 0.1) is 6.92 Å². The second-order valence-electron chi connectivity index (χ2n) is 6.86. The number of nitrogens with zero attached hydrogens (tertiary/aromatic N) is 2. The van der Waals surface area contributed by atoms with Gasteiger partial charge in [0.15, 0.2) is 0 Å². The lowest BCUT2D eigenvalue weighted by Gasteiger charge is -2.12. The van der Waals surface area contributed by atoms with Gasteiger partial charge in [-0.05, 0) is 64.8 Å². The third-order valence-electron chi connectivity index (χ3n) is 4.80. The van der Waals surface area contributed by atoms with Gasteiger partial charge in [0.1, 0.15) is 18.1 Å². The zero-order chi connectivity index (χ0) is 22.4. The van der Waals surface area contributed by atoms with Gasteiger partial charge in [0.2, 0.25) is 5.91 Å². The first-order valence-corrected chi connectivity index (χ1v) is 10.7. The van der Waals surface area contributed by atoms with Crippen molar-refractivity contribution in [3.05, 3.63) is 80.6 Å². The first kappa shape index (κ1) is 22.9. The van der Waals surface area contributed by atoms with Crippen LogP contribution < -0.4 is 14.8 Å². The van der Waals surface area contributed by atoms with E-state index in [0.29, 0.717) is 29.7 Å². The minimum Gasteiger partial charge on any atom is -0.496 e. The molecule has 0 aliphatic rings. The van der Waals surface area contributed by atoms with Crippen LogP contribution in [0.1, 0.15) is 22.4 Å². The van der Waals surface area contributed by atoms with Crippen molar-refractivity contribution in [3.63, 3.8) is 0 Å². The molecule has 0 radical (unpaired) electrons. The number of rotatable bonds is 8. The Labute approximate surface area is 194 Å². The number of hydrogen-bond donors (Lipinski definition) is 1. The molecule has 8 heteroatoms. The molecule has 1 heterocycles. The van der Waals surface area contributed by atoms with E-state index in [2.05, 4.69) is 26.3 Å². The molecule has 1 N–H and O–H groups in total. The molecular weight excluding hydrogens is 482 g/mol. The van der Waals surface area contributed by atoms with Gasteiger partial charge in [-0.25, -0.2) is 0 Å². The number of aryl methyl sites for hydroxylation is 1. The smallest absolute Gasteiger partial charge is 0.244 e. The van der Waals surface area contributed by atoms with Gasteiger partial charge in [-0.15, -0.1) is 0 Å². The van der Waals surface area contributed by atoms with Gasteiger partial charge in [0, 0.05) is 41.5 Å². The molecule has 3 rings (SSSR count). The highest BCUT2D eigenvalue weighted by Crippen LogP contribution is 2.30. The van der Waals surface area contributed by atoms with Crippen molar-refractivity contribution in [3.8, 4) is 11.5 Å². The van der Waals surface area contributed by atoms with Crippen LogP contribution in [-0.2, 0) is 25.0 Å². The standard InChI is InChI=1S/C23H23BrClN3O3/c1-15-18(13-27-28(15)2)12-26-23(29)9-5-16-4-7-21(30-3)17(10-16)14-31-22-8-6-19(25)11-20(22)24/h4-11,13H,12,14H2,1-3H3,(H,26,29). The summed E-state index contributed by atoms with van der Waals surface area (Å²) in [4.78, 5) is 12.2. The second-order valence-corrected chi connectivity index (χ2v) is 8.16. The molecule has 1 aromatic heterocycles. The van der Waals surface area contributed by atoms with Crippen molar-refractivity contribution in [2.24, 2.45) is 7.05 Å². The fourth-order valence-corrected chi connectivity index (χ4v) is 3.69. The number of carbonyl (C=O) groups excluding carboxylic acids is 1. The molecule has 2 aromatic carbocycles. The molecule has 0 saturated carbocycles. The zero-order valence-electron chi connectivity index (χ0n) is 17.5. The summed E-state index contributed by atoms with van der Waals surface area (Å²) in [6, 6.07) is 11.0. The fraction of sp³-hybridized carbons (Fsp3) is 0.217. The summed E-state index contributed by atoms with van der Waals surface area (Å²) in [5.41, 5.74) is 3.73. The summed E-state index contributed by atoms with van der Waals surface area (Å²) < 4.78 is 13.9. The van der Waals surface area contributed by atoms with Gasteiger partial charge in [-0.3, -0.25) is 9.48 Å². The van der Waals surface area contributed by atoms with E-state index >= 15 is 0 Å². The van der Waals surface area contributed by atoms with Crippen molar-refractivity contribution in [2.75, 3.05) is 7.11 Å². The van der Waals surface area contributed by atoms with Crippen molar-refractivity contribution in [1.82, 2.24) is 15.1 Å². The molecule has 31 heavy (non-hydrogen) atoms. The van der Waals surface area contributed by atoms with E-state index in [9.17, 15) is 4.79 Å². The molecule has 0 aliphatic heterocycles. The Morgan fingerprint density at radius 2 is 2.00 bits per heavy atom. The average Bonchev–Trinajstić information content (AvgIpc) is 3.08. The van der Waals surface area contributed by atoms with Crippen LogP contribution in [0.25, 0.3) is 6.08 Å². The Morgan fingerprint density at radius 1 is 1.23 bits per heavy atom. The maximum Gasteiger partial charge on any atom is 0.244 e. The van der Waals surface area contributed by atoms with E-state index in [0.717, 1.165) is 26.9 Å². The SMILES string of the molecule is COc1ccc(C=CC(=O)NCc2cnn(C)c2C)cc1COc1ccc(Cl)cc1Br. The van der Waals surface area contributed by atoms with Crippen molar-refractivity contribution in [2.45, 2.75) is 20.1 Å². The molecule has 0 bridgehead atoms. The summed E-state index contributed by atoms with van der Waals surface area (Å²) in [7, 11) is 3.48. The van der Waals surface area contributed by atoms with E-state index in [1.807, 2.05) is 32.2 Å². The van der Waals surface area contributed by atoms with Gasteiger partial charge < -0.3 is 14.8 Å². The number of amides is 1. The Kier molecular flexibility index (Phi) is 7.76. The van der Waals surface area contributed by atoms with Crippen molar-refractivity contribution in [1.29, 1.82) is 0 Å². The van der Waals surface area contributed by atoms with Gasteiger partial charge in [-0.2, -0.15) is 5.10 Å². The molecule has 0 saturated heterocycles. The number of hydrogen-bond acceptors (Lipinski definition) is 4. The number of ether oxygens (including phenoxy) is 2. The molecule has 0 unspecified atom stereocenters. The maximum absolute atomic E-state index is 12.2. The Hall–Kier alpha value is -2.77. The zero-order valence-corrected chi connectivity index (χ0v) is 19.8. The Morgan fingerprint density at radius 3 is 2.68 bits per heavy atom. The molecular formula is C23H23BrClN3O3. The minimum atomic E-state index is -0.179. The lowest BCUT2D eigenvalue weighted by atomic mass is 10.1. The van der Waals surface area contributed by atoms with Crippen molar-refractivity contribution < 1.29 is 14.3 Å². The van der Waals surface area contributed by atoms with E-state index < -0.39 is 0 Å².